The van der Waals surface area contributed by atoms with E-state index in [1.807, 2.05) is 13.0 Å². The quantitative estimate of drug-likeness (QED) is 0.658. The molecule has 104 valence electrons. The zero-order valence-electron chi connectivity index (χ0n) is 11.3. The van der Waals surface area contributed by atoms with Gasteiger partial charge in [-0.25, -0.2) is 0 Å². The second-order valence-corrected chi connectivity index (χ2v) is 4.71. The van der Waals surface area contributed by atoms with E-state index in [9.17, 15) is 9.59 Å². The number of benzene rings is 1. The molecule has 2 amide bonds. The second kappa shape index (κ2) is 6.22. The van der Waals surface area contributed by atoms with Gasteiger partial charge < -0.3 is 16.4 Å². The van der Waals surface area contributed by atoms with Crippen LogP contribution in [0.4, 0.5) is 0 Å². The van der Waals surface area contributed by atoms with E-state index in [0.717, 1.165) is 11.1 Å². The van der Waals surface area contributed by atoms with Crippen LogP contribution >= 0.6 is 0 Å². The van der Waals surface area contributed by atoms with Crippen molar-refractivity contribution in [3.05, 3.63) is 34.9 Å². The maximum Gasteiger partial charge on any atom is 0.251 e. The number of rotatable bonds is 2. The van der Waals surface area contributed by atoms with Gasteiger partial charge in [0.05, 0.1) is 12.6 Å². The Bertz CT molecular complexity index is 599. The highest BCUT2D eigenvalue weighted by molar-refractivity contribution is 5.95. The van der Waals surface area contributed by atoms with Crippen molar-refractivity contribution in [1.82, 2.24) is 10.6 Å². The average molecular weight is 271 g/mol. The van der Waals surface area contributed by atoms with Gasteiger partial charge in [0.25, 0.3) is 5.91 Å². The van der Waals surface area contributed by atoms with Gasteiger partial charge in [-0.3, -0.25) is 9.59 Å². The number of carbonyl (C=O) groups excluding carboxylic acids is 2. The molecule has 0 bridgehead atoms. The van der Waals surface area contributed by atoms with E-state index in [-0.39, 0.29) is 24.4 Å². The summed E-state index contributed by atoms with van der Waals surface area (Å²) in [6, 6.07) is 5.21. The number of nitrogens with two attached hydrogens (primary N) is 1. The number of amides is 2. The molecule has 2 rings (SSSR count). The van der Waals surface area contributed by atoms with Crippen LogP contribution in [0.3, 0.4) is 0 Å². The van der Waals surface area contributed by atoms with E-state index in [1.54, 1.807) is 12.1 Å². The third kappa shape index (κ3) is 3.37. The Morgan fingerprint density at radius 2 is 2.35 bits per heavy atom. The van der Waals surface area contributed by atoms with Crippen LogP contribution in [0.25, 0.3) is 0 Å². The molecule has 1 aromatic rings. The molecule has 1 heterocycles. The molecule has 1 unspecified atom stereocenters. The van der Waals surface area contributed by atoms with Crippen LogP contribution in [-0.4, -0.2) is 30.9 Å². The Morgan fingerprint density at radius 3 is 3.00 bits per heavy atom. The second-order valence-electron chi connectivity index (χ2n) is 4.71. The SMILES string of the molecule is Cc1ccc(C(=O)NC2CNC(=O)C2)cc1C#CCN. The molecule has 1 atom stereocenters. The fourth-order valence-corrected chi connectivity index (χ4v) is 2.02. The molecule has 4 N–H and O–H groups in total. The molecule has 0 aromatic heterocycles. The minimum atomic E-state index is -0.192. The van der Waals surface area contributed by atoms with Crippen LogP contribution in [0.2, 0.25) is 0 Å². The topological polar surface area (TPSA) is 84.2 Å². The predicted octanol–water partition coefficient (Wildman–Crippen LogP) is -0.0765. The van der Waals surface area contributed by atoms with Crippen molar-refractivity contribution in [2.24, 2.45) is 5.73 Å². The molecule has 1 saturated heterocycles. The Balaban J connectivity index is 2.11. The Morgan fingerprint density at radius 1 is 1.55 bits per heavy atom. The summed E-state index contributed by atoms with van der Waals surface area (Å²) in [6.07, 6.45) is 0.331. The number of hydrogen-bond acceptors (Lipinski definition) is 3. The van der Waals surface area contributed by atoms with E-state index in [1.165, 1.54) is 0 Å². The molecular weight excluding hydrogens is 254 g/mol. The molecule has 0 spiro atoms. The predicted molar refractivity (Wildman–Crippen MR) is 76.0 cm³/mol. The minimum absolute atomic E-state index is 0.0336. The maximum atomic E-state index is 12.1. The van der Waals surface area contributed by atoms with Crippen LogP contribution in [-0.2, 0) is 4.79 Å². The summed E-state index contributed by atoms with van der Waals surface area (Å²) in [7, 11) is 0. The fourth-order valence-electron chi connectivity index (χ4n) is 2.02. The smallest absolute Gasteiger partial charge is 0.251 e. The highest BCUT2D eigenvalue weighted by Gasteiger charge is 2.23. The van der Waals surface area contributed by atoms with Crippen LogP contribution in [0.15, 0.2) is 18.2 Å². The van der Waals surface area contributed by atoms with E-state index >= 15 is 0 Å². The lowest BCUT2D eigenvalue weighted by atomic mass is 10.0. The summed E-state index contributed by atoms with van der Waals surface area (Å²) in [6.45, 7) is 2.70. The zero-order valence-corrected chi connectivity index (χ0v) is 11.3. The lowest BCUT2D eigenvalue weighted by molar-refractivity contribution is -0.119. The maximum absolute atomic E-state index is 12.1. The summed E-state index contributed by atoms with van der Waals surface area (Å²) in [4.78, 5) is 23.2. The van der Waals surface area contributed by atoms with E-state index in [0.29, 0.717) is 18.5 Å². The van der Waals surface area contributed by atoms with E-state index in [2.05, 4.69) is 22.5 Å². The van der Waals surface area contributed by atoms with Gasteiger partial charge in [-0.1, -0.05) is 17.9 Å². The van der Waals surface area contributed by atoms with Crippen molar-refractivity contribution in [3.63, 3.8) is 0 Å². The molecule has 0 aliphatic carbocycles. The molecule has 5 nitrogen and oxygen atoms in total. The van der Waals surface area contributed by atoms with Crippen molar-refractivity contribution < 1.29 is 9.59 Å². The molecular formula is C15H17N3O2. The van der Waals surface area contributed by atoms with Gasteiger partial charge >= 0.3 is 0 Å². The number of carbonyl (C=O) groups is 2. The van der Waals surface area contributed by atoms with Gasteiger partial charge in [0, 0.05) is 24.1 Å². The molecule has 0 saturated carbocycles. The molecule has 1 aliphatic heterocycles. The summed E-state index contributed by atoms with van der Waals surface area (Å²) in [5.74, 6) is 5.50. The molecule has 1 aromatic carbocycles. The lowest BCUT2D eigenvalue weighted by Crippen LogP contribution is -2.36. The molecule has 1 fully saturated rings. The van der Waals surface area contributed by atoms with Gasteiger partial charge in [0.15, 0.2) is 0 Å². The van der Waals surface area contributed by atoms with Crippen LogP contribution in [0.5, 0.6) is 0 Å². The van der Waals surface area contributed by atoms with Crippen LogP contribution < -0.4 is 16.4 Å². The number of hydrogen-bond donors (Lipinski definition) is 3. The first-order valence-corrected chi connectivity index (χ1v) is 6.47. The van der Waals surface area contributed by atoms with Crippen LogP contribution in [0, 0.1) is 18.8 Å². The monoisotopic (exact) mass is 271 g/mol. The van der Waals surface area contributed by atoms with Crippen LogP contribution in [0.1, 0.15) is 27.9 Å². The first-order valence-electron chi connectivity index (χ1n) is 6.47. The summed E-state index contributed by atoms with van der Waals surface area (Å²) >= 11 is 0. The van der Waals surface area contributed by atoms with Gasteiger partial charge in [0.2, 0.25) is 5.91 Å². The third-order valence-corrected chi connectivity index (χ3v) is 3.14. The summed E-state index contributed by atoms with van der Waals surface area (Å²) in [5.41, 5.74) is 7.69. The normalized spacial score (nSPS) is 17.1. The first-order chi connectivity index (χ1) is 9.60. The van der Waals surface area contributed by atoms with Gasteiger partial charge in [-0.15, -0.1) is 0 Å². The molecule has 5 heteroatoms. The first kappa shape index (κ1) is 14.1. The Labute approximate surface area is 117 Å². The molecule has 1 aliphatic rings. The lowest BCUT2D eigenvalue weighted by Gasteiger charge is -2.11. The van der Waals surface area contributed by atoms with E-state index in [4.69, 9.17) is 5.73 Å². The summed E-state index contributed by atoms with van der Waals surface area (Å²) < 4.78 is 0. The molecule has 0 radical (unpaired) electrons. The molecule has 20 heavy (non-hydrogen) atoms. The van der Waals surface area contributed by atoms with Crippen molar-refractivity contribution >= 4 is 11.8 Å². The zero-order chi connectivity index (χ0) is 14.5. The fraction of sp³-hybridized carbons (Fsp3) is 0.333. The van der Waals surface area contributed by atoms with E-state index < -0.39 is 0 Å². The van der Waals surface area contributed by atoms with Gasteiger partial charge in [-0.05, 0) is 24.6 Å². The average Bonchev–Trinajstić information content (AvgIpc) is 2.83. The highest BCUT2D eigenvalue weighted by atomic mass is 16.2. The van der Waals surface area contributed by atoms with Crippen molar-refractivity contribution in [2.75, 3.05) is 13.1 Å². The van der Waals surface area contributed by atoms with Crippen molar-refractivity contribution in [2.45, 2.75) is 19.4 Å². The van der Waals surface area contributed by atoms with Gasteiger partial charge in [-0.2, -0.15) is 0 Å². The largest absolute Gasteiger partial charge is 0.354 e. The standard InChI is InChI=1S/C15H17N3O2/c1-10-4-5-12(7-11(10)3-2-6-16)15(20)18-13-8-14(19)17-9-13/h4-5,7,13H,6,8-9,16H2,1H3,(H,17,19)(H,18,20). The van der Waals surface area contributed by atoms with Crippen molar-refractivity contribution in [3.8, 4) is 11.8 Å². The summed E-state index contributed by atoms with van der Waals surface area (Å²) in [5, 5.41) is 5.52. The Hall–Kier alpha value is -2.32. The van der Waals surface area contributed by atoms with Crippen molar-refractivity contribution in [1.29, 1.82) is 0 Å². The Kier molecular flexibility index (Phi) is 4.38. The number of aryl methyl sites for hydroxylation is 1. The minimum Gasteiger partial charge on any atom is -0.354 e. The highest BCUT2D eigenvalue weighted by Crippen LogP contribution is 2.11. The number of nitrogens with one attached hydrogen (secondary N) is 2. The third-order valence-electron chi connectivity index (χ3n) is 3.14. The van der Waals surface area contributed by atoms with Gasteiger partial charge in [0.1, 0.15) is 0 Å².